The molecular formula is C44H36N2. The molecule has 0 unspecified atom stereocenters. The van der Waals surface area contributed by atoms with Crippen molar-refractivity contribution in [2.45, 2.75) is 27.7 Å². The second kappa shape index (κ2) is 12.4. The zero-order valence-corrected chi connectivity index (χ0v) is 26.8. The van der Waals surface area contributed by atoms with Crippen molar-refractivity contribution < 1.29 is 0 Å². The van der Waals surface area contributed by atoms with Crippen LogP contribution in [0, 0.1) is 27.7 Å². The van der Waals surface area contributed by atoms with Gasteiger partial charge in [0.05, 0.1) is 11.4 Å². The van der Waals surface area contributed by atoms with Crippen LogP contribution in [0.1, 0.15) is 22.3 Å². The number of aryl methyl sites for hydroxylation is 4. The Labute approximate surface area is 272 Å². The summed E-state index contributed by atoms with van der Waals surface area (Å²) >= 11 is 0. The van der Waals surface area contributed by atoms with E-state index in [4.69, 9.17) is 9.97 Å². The predicted molar refractivity (Wildman–Crippen MR) is 194 cm³/mol. The van der Waals surface area contributed by atoms with Crippen molar-refractivity contribution in [3.63, 3.8) is 0 Å². The maximum Gasteiger partial charge on any atom is 0.160 e. The lowest BCUT2D eigenvalue weighted by Crippen LogP contribution is -1.96. The van der Waals surface area contributed by atoms with E-state index in [2.05, 4.69) is 167 Å². The molecule has 7 rings (SSSR count). The minimum absolute atomic E-state index is 0.709. The van der Waals surface area contributed by atoms with Crippen molar-refractivity contribution in [1.82, 2.24) is 9.97 Å². The largest absolute Gasteiger partial charge is 0.228 e. The fourth-order valence-corrected chi connectivity index (χ4v) is 6.34. The Morgan fingerprint density at radius 2 is 0.652 bits per heavy atom. The van der Waals surface area contributed by atoms with Gasteiger partial charge >= 0.3 is 0 Å². The van der Waals surface area contributed by atoms with E-state index in [1.54, 1.807) is 0 Å². The molecule has 1 heterocycles. The summed E-state index contributed by atoms with van der Waals surface area (Å²) in [6, 6.07) is 51.9. The van der Waals surface area contributed by atoms with Gasteiger partial charge in [-0.2, -0.15) is 0 Å². The first kappa shape index (κ1) is 29.1. The van der Waals surface area contributed by atoms with E-state index < -0.39 is 0 Å². The first-order valence-electron chi connectivity index (χ1n) is 15.8. The summed E-state index contributed by atoms with van der Waals surface area (Å²) in [5.41, 5.74) is 17.1. The maximum absolute atomic E-state index is 5.18. The number of nitrogens with zero attached hydrogens (tertiary/aromatic N) is 2. The van der Waals surface area contributed by atoms with E-state index in [-0.39, 0.29) is 0 Å². The molecule has 0 aliphatic heterocycles. The molecule has 0 N–H and O–H groups in total. The molecule has 0 saturated heterocycles. The highest BCUT2D eigenvalue weighted by molar-refractivity contribution is 5.79. The van der Waals surface area contributed by atoms with Crippen molar-refractivity contribution in [3.05, 3.63) is 168 Å². The average molecular weight is 593 g/mol. The van der Waals surface area contributed by atoms with Crippen molar-refractivity contribution >= 4 is 0 Å². The van der Waals surface area contributed by atoms with Crippen LogP contribution in [0.3, 0.4) is 0 Å². The van der Waals surface area contributed by atoms with E-state index in [1.807, 2.05) is 6.07 Å². The number of hydrogen-bond donors (Lipinski definition) is 0. The van der Waals surface area contributed by atoms with Crippen LogP contribution in [0.2, 0.25) is 0 Å². The van der Waals surface area contributed by atoms with E-state index in [0.29, 0.717) is 5.82 Å². The minimum Gasteiger partial charge on any atom is -0.228 e. The van der Waals surface area contributed by atoms with Gasteiger partial charge in [0.1, 0.15) is 0 Å². The van der Waals surface area contributed by atoms with Crippen molar-refractivity contribution in [1.29, 1.82) is 0 Å². The summed E-state index contributed by atoms with van der Waals surface area (Å²) in [5.74, 6) is 0.709. The lowest BCUT2D eigenvalue weighted by molar-refractivity contribution is 1.18. The summed E-state index contributed by atoms with van der Waals surface area (Å²) in [6.45, 7) is 8.61. The summed E-state index contributed by atoms with van der Waals surface area (Å²) in [6.07, 6.45) is 0. The van der Waals surface area contributed by atoms with Gasteiger partial charge < -0.3 is 0 Å². The molecule has 0 bridgehead atoms. The fraction of sp³-hybridized carbons (Fsp3) is 0.0909. The SMILES string of the molecule is Cc1cc(C)cc(-c2cccc(-c3cccc(-c4nc(-c5ccccc5)cc(-c5cccc(-c6cc(C)cc(C)c6)c5)n4)c3)c2)c1. The molecule has 0 saturated carbocycles. The molecule has 0 aliphatic carbocycles. The van der Waals surface area contributed by atoms with Crippen LogP contribution in [0.4, 0.5) is 0 Å². The Morgan fingerprint density at radius 1 is 0.283 bits per heavy atom. The Balaban J connectivity index is 1.32. The molecule has 1 aromatic heterocycles. The van der Waals surface area contributed by atoms with Crippen LogP contribution in [-0.4, -0.2) is 9.97 Å². The summed E-state index contributed by atoms with van der Waals surface area (Å²) < 4.78 is 0. The van der Waals surface area contributed by atoms with Gasteiger partial charge in [-0.3, -0.25) is 0 Å². The zero-order chi connectivity index (χ0) is 31.6. The Morgan fingerprint density at radius 3 is 1.17 bits per heavy atom. The molecule has 2 heteroatoms. The first-order chi connectivity index (χ1) is 22.4. The van der Waals surface area contributed by atoms with Gasteiger partial charge in [-0.1, -0.05) is 144 Å². The van der Waals surface area contributed by atoms with E-state index in [9.17, 15) is 0 Å². The second-order valence-electron chi connectivity index (χ2n) is 12.3. The molecule has 2 nitrogen and oxygen atoms in total. The summed E-state index contributed by atoms with van der Waals surface area (Å²) in [4.78, 5) is 10.3. The number of hydrogen-bond acceptors (Lipinski definition) is 2. The maximum atomic E-state index is 5.18. The lowest BCUT2D eigenvalue weighted by atomic mass is 9.96. The standard InChI is InChI=1S/C44H36N2/c1-29-19-30(2)22-40(21-29)36-15-8-13-34(25-36)35-14-10-18-39(27-35)44-45-42(33-11-6-5-7-12-33)28-43(46-44)38-17-9-16-37(26-38)41-23-31(3)20-32(4)24-41/h5-28H,1-4H3. The van der Waals surface area contributed by atoms with Gasteiger partial charge in [0, 0.05) is 16.7 Å². The molecule has 0 radical (unpaired) electrons. The van der Waals surface area contributed by atoms with Crippen LogP contribution in [0.25, 0.3) is 67.3 Å². The molecule has 7 aromatic rings. The van der Waals surface area contributed by atoms with Crippen LogP contribution in [0.15, 0.2) is 146 Å². The van der Waals surface area contributed by atoms with E-state index >= 15 is 0 Å². The highest BCUT2D eigenvalue weighted by Gasteiger charge is 2.13. The van der Waals surface area contributed by atoms with Crippen molar-refractivity contribution in [2.24, 2.45) is 0 Å². The average Bonchev–Trinajstić information content (AvgIpc) is 3.08. The van der Waals surface area contributed by atoms with E-state index in [1.165, 1.54) is 50.1 Å². The van der Waals surface area contributed by atoms with Gasteiger partial charge in [-0.25, -0.2) is 9.97 Å². The smallest absolute Gasteiger partial charge is 0.160 e. The van der Waals surface area contributed by atoms with Gasteiger partial charge in [0.2, 0.25) is 0 Å². The fourth-order valence-electron chi connectivity index (χ4n) is 6.34. The molecule has 0 atom stereocenters. The van der Waals surface area contributed by atoms with Gasteiger partial charge in [0.25, 0.3) is 0 Å². The molecule has 0 spiro atoms. The molecule has 222 valence electrons. The van der Waals surface area contributed by atoms with Crippen LogP contribution < -0.4 is 0 Å². The van der Waals surface area contributed by atoms with Crippen molar-refractivity contribution in [3.8, 4) is 67.3 Å². The topological polar surface area (TPSA) is 25.8 Å². The highest BCUT2D eigenvalue weighted by atomic mass is 14.9. The molecule has 46 heavy (non-hydrogen) atoms. The zero-order valence-electron chi connectivity index (χ0n) is 26.8. The molecule has 0 amide bonds. The minimum atomic E-state index is 0.709. The quantitative estimate of drug-likeness (QED) is 0.192. The molecule has 0 aliphatic rings. The number of aromatic nitrogens is 2. The number of rotatable bonds is 6. The Bertz CT molecular complexity index is 2150. The molecular weight excluding hydrogens is 556 g/mol. The predicted octanol–water partition coefficient (Wildman–Crippen LogP) is 11.7. The normalized spacial score (nSPS) is 11.0. The monoisotopic (exact) mass is 592 g/mol. The third kappa shape index (κ3) is 6.29. The van der Waals surface area contributed by atoms with Gasteiger partial charge in [-0.15, -0.1) is 0 Å². The third-order valence-corrected chi connectivity index (χ3v) is 8.38. The molecule has 6 aromatic carbocycles. The lowest BCUT2D eigenvalue weighted by Gasteiger charge is -2.12. The Kier molecular flexibility index (Phi) is 7.86. The Hall–Kier alpha value is -5.60. The van der Waals surface area contributed by atoms with Crippen LogP contribution in [-0.2, 0) is 0 Å². The van der Waals surface area contributed by atoms with E-state index in [0.717, 1.165) is 33.6 Å². The second-order valence-corrected chi connectivity index (χ2v) is 12.3. The number of benzene rings is 6. The molecule has 0 fully saturated rings. The van der Waals surface area contributed by atoms with Gasteiger partial charge in [0.15, 0.2) is 5.82 Å². The first-order valence-corrected chi connectivity index (χ1v) is 15.8. The van der Waals surface area contributed by atoms with Crippen LogP contribution >= 0.6 is 0 Å². The third-order valence-electron chi connectivity index (χ3n) is 8.38. The summed E-state index contributed by atoms with van der Waals surface area (Å²) in [5, 5.41) is 0. The van der Waals surface area contributed by atoms with Crippen LogP contribution in [0.5, 0.6) is 0 Å². The van der Waals surface area contributed by atoms with Gasteiger partial charge in [-0.05, 0) is 85.3 Å². The highest BCUT2D eigenvalue weighted by Crippen LogP contribution is 2.33. The van der Waals surface area contributed by atoms with Crippen molar-refractivity contribution in [2.75, 3.05) is 0 Å². The summed E-state index contributed by atoms with van der Waals surface area (Å²) in [7, 11) is 0.